The fourth-order valence-corrected chi connectivity index (χ4v) is 4.02. The summed E-state index contributed by atoms with van der Waals surface area (Å²) in [5, 5.41) is 22.5. The van der Waals surface area contributed by atoms with Gasteiger partial charge in [0.05, 0.1) is 10.6 Å². The SMILES string of the molecule is CCSC1CCCC1Nc1ccc([N+](=O)[O-])c2nonc12. The second kappa shape index (κ2) is 5.88. The lowest BCUT2D eigenvalue weighted by atomic mass is 10.2. The average molecular weight is 308 g/mol. The van der Waals surface area contributed by atoms with Crippen molar-refractivity contribution < 1.29 is 9.55 Å². The normalized spacial score (nSPS) is 21.8. The number of non-ortho nitro benzene ring substituents is 1. The van der Waals surface area contributed by atoms with E-state index in [1.807, 2.05) is 11.8 Å². The number of nitro benzene ring substituents is 1. The summed E-state index contributed by atoms with van der Waals surface area (Å²) in [7, 11) is 0. The molecular weight excluding hydrogens is 292 g/mol. The maximum atomic E-state index is 11.0. The van der Waals surface area contributed by atoms with Crippen molar-refractivity contribution in [3.8, 4) is 0 Å². The summed E-state index contributed by atoms with van der Waals surface area (Å²) in [5.41, 5.74) is 1.30. The van der Waals surface area contributed by atoms with Gasteiger partial charge in [-0.1, -0.05) is 13.3 Å². The molecule has 0 aliphatic heterocycles. The van der Waals surface area contributed by atoms with E-state index in [0.29, 0.717) is 16.8 Å². The topological polar surface area (TPSA) is 94.1 Å². The van der Waals surface area contributed by atoms with Crippen LogP contribution in [-0.2, 0) is 0 Å². The molecule has 2 atom stereocenters. The number of aromatic nitrogens is 2. The van der Waals surface area contributed by atoms with E-state index in [1.54, 1.807) is 6.07 Å². The Morgan fingerprint density at radius 1 is 1.43 bits per heavy atom. The highest BCUT2D eigenvalue weighted by Gasteiger charge is 2.28. The largest absolute Gasteiger partial charge is 0.379 e. The number of nitro groups is 1. The molecule has 0 amide bonds. The van der Waals surface area contributed by atoms with E-state index in [9.17, 15) is 10.1 Å². The summed E-state index contributed by atoms with van der Waals surface area (Å²) in [6, 6.07) is 3.50. The van der Waals surface area contributed by atoms with Crippen molar-refractivity contribution in [2.45, 2.75) is 37.5 Å². The number of fused-ring (bicyclic) bond motifs is 1. The van der Waals surface area contributed by atoms with Crippen LogP contribution in [0.1, 0.15) is 26.2 Å². The summed E-state index contributed by atoms with van der Waals surface area (Å²) in [5.74, 6) is 1.09. The van der Waals surface area contributed by atoms with Gasteiger partial charge in [-0.2, -0.15) is 11.8 Å². The molecular formula is C13H16N4O3S. The number of anilines is 1. The summed E-state index contributed by atoms with van der Waals surface area (Å²) in [6.45, 7) is 2.16. The summed E-state index contributed by atoms with van der Waals surface area (Å²) in [4.78, 5) is 10.5. The van der Waals surface area contributed by atoms with Crippen LogP contribution < -0.4 is 5.32 Å². The van der Waals surface area contributed by atoms with Gasteiger partial charge in [-0.05, 0) is 35.0 Å². The van der Waals surface area contributed by atoms with E-state index in [2.05, 4.69) is 27.2 Å². The third kappa shape index (κ3) is 2.67. The van der Waals surface area contributed by atoms with Gasteiger partial charge >= 0.3 is 5.69 Å². The van der Waals surface area contributed by atoms with Crippen molar-refractivity contribution in [1.29, 1.82) is 0 Å². The first-order chi connectivity index (χ1) is 10.2. The minimum absolute atomic E-state index is 0.0808. The highest BCUT2D eigenvalue weighted by molar-refractivity contribution is 7.99. The Balaban J connectivity index is 1.89. The Kier molecular flexibility index (Phi) is 3.96. The molecule has 0 saturated heterocycles. The summed E-state index contributed by atoms with van der Waals surface area (Å²) >= 11 is 1.95. The van der Waals surface area contributed by atoms with Gasteiger partial charge in [0, 0.05) is 17.4 Å². The fraction of sp³-hybridized carbons (Fsp3) is 0.538. The van der Waals surface area contributed by atoms with E-state index in [4.69, 9.17) is 0 Å². The lowest BCUT2D eigenvalue weighted by Crippen LogP contribution is -2.26. The van der Waals surface area contributed by atoms with Crippen LogP contribution in [0.15, 0.2) is 16.8 Å². The Morgan fingerprint density at radius 3 is 3.00 bits per heavy atom. The van der Waals surface area contributed by atoms with Gasteiger partial charge in [0.2, 0.25) is 5.52 Å². The van der Waals surface area contributed by atoms with Crippen LogP contribution in [0.5, 0.6) is 0 Å². The van der Waals surface area contributed by atoms with Crippen molar-refractivity contribution in [1.82, 2.24) is 10.3 Å². The van der Waals surface area contributed by atoms with Crippen LogP contribution in [0, 0.1) is 10.1 Å². The van der Waals surface area contributed by atoms with Gasteiger partial charge in [-0.15, -0.1) is 0 Å². The first-order valence-electron chi connectivity index (χ1n) is 6.98. The van der Waals surface area contributed by atoms with Crippen LogP contribution in [0.4, 0.5) is 11.4 Å². The molecule has 8 heteroatoms. The van der Waals surface area contributed by atoms with Crippen LogP contribution in [0.2, 0.25) is 0 Å². The molecule has 1 saturated carbocycles. The molecule has 0 bridgehead atoms. The van der Waals surface area contributed by atoms with Crippen LogP contribution in [0.3, 0.4) is 0 Å². The minimum Gasteiger partial charge on any atom is -0.379 e. The van der Waals surface area contributed by atoms with Gasteiger partial charge in [0.25, 0.3) is 0 Å². The molecule has 21 heavy (non-hydrogen) atoms. The Hall–Kier alpha value is -1.83. The van der Waals surface area contributed by atoms with Crippen molar-refractivity contribution in [3.63, 3.8) is 0 Å². The van der Waals surface area contributed by atoms with Gasteiger partial charge in [0.1, 0.15) is 0 Å². The molecule has 1 N–H and O–H groups in total. The number of rotatable bonds is 5. The quantitative estimate of drug-likeness (QED) is 0.669. The Morgan fingerprint density at radius 2 is 2.24 bits per heavy atom. The molecule has 1 aromatic heterocycles. The molecule has 0 radical (unpaired) electrons. The molecule has 2 aromatic rings. The standard InChI is InChI=1S/C13H16N4O3S/c1-2-21-11-5-3-4-8(11)14-9-6-7-10(17(18)19)13-12(9)15-20-16-13/h6-8,11,14H,2-5H2,1H3. The van der Waals surface area contributed by atoms with Gasteiger partial charge in [-0.25, -0.2) is 4.63 Å². The molecule has 7 nitrogen and oxygen atoms in total. The van der Waals surface area contributed by atoms with Gasteiger partial charge in [-0.3, -0.25) is 10.1 Å². The van der Waals surface area contributed by atoms with E-state index in [0.717, 1.165) is 17.9 Å². The average Bonchev–Trinajstić information content (AvgIpc) is 3.09. The molecule has 1 aliphatic rings. The van der Waals surface area contributed by atoms with Crippen LogP contribution >= 0.6 is 11.8 Å². The number of hydrogen-bond acceptors (Lipinski definition) is 7. The molecule has 1 fully saturated rings. The maximum Gasteiger partial charge on any atom is 0.300 e. The predicted octanol–water partition coefficient (Wildman–Crippen LogP) is 3.22. The van der Waals surface area contributed by atoms with Crippen LogP contribution in [-0.4, -0.2) is 32.3 Å². The first kappa shape index (κ1) is 14.1. The molecule has 3 rings (SSSR count). The van der Waals surface area contributed by atoms with Crippen LogP contribution in [0.25, 0.3) is 11.0 Å². The second-order valence-corrected chi connectivity index (χ2v) is 6.54. The minimum atomic E-state index is -0.471. The van der Waals surface area contributed by atoms with Gasteiger partial charge < -0.3 is 5.32 Å². The Labute approximate surface area is 125 Å². The van der Waals surface area contributed by atoms with Crippen molar-refractivity contribution >= 4 is 34.2 Å². The van der Waals surface area contributed by atoms with E-state index >= 15 is 0 Å². The smallest absolute Gasteiger partial charge is 0.300 e. The number of thioether (sulfide) groups is 1. The second-order valence-electron chi connectivity index (χ2n) is 5.03. The molecule has 2 unspecified atom stereocenters. The van der Waals surface area contributed by atoms with Gasteiger partial charge in [0.15, 0.2) is 5.52 Å². The molecule has 1 heterocycles. The van der Waals surface area contributed by atoms with E-state index in [1.165, 1.54) is 18.9 Å². The maximum absolute atomic E-state index is 11.0. The third-order valence-corrected chi connectivity index (χ3v) is 5.09. The summed E-state index contributed by atoms with van der Waals surface area (Å²) < 4.78 is 4.69. The number of hydrogen-bond donors (Lipinski definition) is 1. The molecule has 1 aromatic carbocycles. The van der Waals surface area contributed by atoms with E-state index < -0.39 is 4.92 Å². The highest BCUT2D eigenvalue weighted by atomic mass is 32.2. The summed E-state index contributed by atoms with van der Waals surface area (Å²) in [6.07, 6.45) is 3.49. The number of nitrogens with one attached hydrogen (secondary N) is 1. The van der Waals surface area contributed by atoms with Crippen molar-refractivity contribution in [2.24, 2.45) is 0 Å². The zero-order valence-corrected chi connectivity index (χ0v) is 12.4. The number of nitrogens with zero attached hydrogens (tertiary/aromatic N) is 3. The Bertz CT molecular complexity index is 660. The van der Waals surface area contributed by atoms with E-state index in [-0.39, 0.29) is 11.2 Å². The lowest BCUT2D eigenvalue weighted by Gasteiger charge is -2.21. The monoisotopic (exact) mass is 308 g/mol. The zero-order chi connectivity index (χ0) is 14.8. The molecule has 1 aliphatic carbocycles. The lowest BCUT2D eigenvalue weighted by molar-refractivity contribution is -0.383. The van der Waals surface area contributed by atoms with Crippen molar-refractivity contribution in [3.05, 3.63) is 22.2 Å². The fourth-order valence-electron chi connectivity index (χ4n) is 2.82. The molecule has 112 valence electrons. The molecule has 0 spiro atoms. The van der Waals surface area contributed by atoms with Crippen molar-refractivity contribution in [2.75, 3.05) is 11.1 Å². The predicted molar refractivity (Wildman–Crippen MR) is 81.6 cm³/mol. The zero-order valence-electron chi connectivity index (χ0n) is 11.6. The highest BCUT2D eigenvalue weighted by Crippen LogP contribution is 2.35. The number of benzene rings is 1. The first-order valence-corrected chi connectivity index (χ1v) is 8.03. The third-order valence-electron chi connectivity index (χ3n) is 3.77.